The van der Waals surface area contributed by atoms with Crippen LogP contribution in [-0.2, 0) is 11.2 Å². The predicted octanol–water partition coefficient (Wildman–Crippen LogP) is 2.27. The van der Waals surface area contributed by atoms with Crippen molar-refractivity contribution in [3.63, 3.8) is 0 Å². The minimum atomic E-state index is 0.0937. The van der Waals surface area contributed by atoms with Gasteiger partial charge in [-0.1, -0.05) is 31.5 Å². The van der Waals surface area contributed by atoms with Crippen LogP contribution in [0, 0.1) is 0 Å². The molecule has 1 aromatic carbocycles. The first-order chi connectivity index (χ1) is 9.26. The Labute approximate surface area is 116 Å². The first kappa shape index (κ1) is 16.0. The summed E-state index contributed by atoms with van der Waals surface area (Å²) in [6, 6.07) is 8.12. The fraction of sp³-hybridized carbons (Fsp3) is 0.600. The zero-order valence-corrected chi connectivity index (χ0v) is 12.2. The van der Waals surface area contributed by atoms with Gasteiger partial charge in [0.2, 0.25) is 0 Å². The lowest BCUT2D eigenvalue weighted by Crippen LogP contribution is -2.46. The van der Waals surface area contributed by atoms with Gasteiger partial charge in [0.05, 0.1) is 19.3 Å². The van der Waals surface area contributed by atoms with Crippen LogP contribution >= 0.6 is 0 Å². The van der Waals surface area contributed by atoms with Crippen molar-refractivity contribution in [3.05, 3.63) is 29.8 Å². The Morgan fingerprint density at radius 3 is 2.58 bits per heavy atom. The molecule has 4 heteroatoms. The van der Waals surface area contributed by atoms with Gasteiger partial charge in [0.1, 0.15) is 5.75 Å². The van der Waals surface area contributed by atoms with E-state index < -0.39 is 0 Å². The molecule has 4 nitrogen and oxygen atoms in total. The molecule has 0 aliphatic heterocycles. The highest BCUT2D eigenvalue weighted by Gasteiger charge is 2.21. The van der Waals surface area contributed by atoms with E-state index in [4.69, 9.17) is 15.3 Å². The number of methoxy groups -OCH3 is 1. The lowest BCUT2D eigenvalue weighted by molar-refractivity contribution is 0.0280. The molecule has 108 valence electrons. The molecule has 1 aromatic rings. The summed E-state index contributed by atoms with van der Waals surface area (Å²) in [5, 5.41) is 0. The molecule has 0 aliphatic rings. The topological polar surface area (TPSA) is 56.5 Å². The molecular formula is C15H26N2O2. The van der Waals surface area contributed by atoms with E-state index in [1.165, 1.54) is 0 Å². The summed E-state index contributed by atoms with van der Waals surface area (Å²) in [6.07, 6.45) is 3.00. The number of nitrogens with two attached hydrogens (primary N) is 1. The molecule has 0 aliphatic carbocycles. The maximum atomic E-state index is 5.80. The van der Waals surface area contributed by atoms with Crippen LogP contribution in [0.25, 0.3) is 0 Å². The van der Waals surface area contributed by atoms with E-state index in [0.29, 0.717) is 6.61 Å². The molecule has 1 rings (SSSR count). The molecule has 0 bridgehead atoms. The molecule has 2 unspecified atom stereocenters. The van der Waals surface area contributed by atoms with Gasteiger partial charge < -0.3 is 9.47 Å². The second-order valence-corrected chi connectivity index (χ2v) is 4.57. The smallest absolute Gasteiger partial charge is 0.122 e. The van der Waals surface area contributed by atoms with E-state index in [9.17, 15) is 0 Å². The van der Waals surface area contributed by atoms with Gasteiger partial charge in [-0.25, -0.2) is 0 Å². The molecule has 0 amide bonds. The third-order valence-corrected chi connectivity index (χ3v) is 3.25. The summed E-state index contributed by atoms with van der Waals surface area (Å²) in [6.45, 7) is 4.87. The van der Waals surface area contributed by atoms with Gasteiger partial charge in [-0.3, -0.25) is 11.3 Å². The van der Waals surface area contributed by atoms with Crippen molar-refractivity contribution < 1.29 is 9.47 Å². The van der Waals surface area contributed by atoms with E-state index in [0.717, 1.165) is 30.6 Å². The largest absolute Gasteiger partial charge is 0.496 e. The summed E-state index contributed by atoms with van der Waals surface area (Å²) in [7, 11) is 1.69. The van der Waals surface area contributed by atoms with Gasteiger partial charge in [-0.05, 0) is 31.4 Å². The molecule has 0 radical (unpaired) electrons. The molecule has 0 saturated carbocycles. The van der Waals surface area contributed by atoms with Crippen molar-refractivity contribution in [3.8, 4) is 5.75 Å². The van der Waals surface area contributed by atoms with E-state index >= 15 is 0 Å². The molecular weight excluding hydrogens is 240 g/mol. The van der Waals surface area contributed by atoms with Gasteiger partial charge in [0.15, 0.2) is 0 Å². The summed E-state index contributed by atoms with van der Waals surface area (Å²) in [5.74, 6) is 6.60. The van der Waals surface area contributed by atoms with Crippen LogP contribution in [0.15, 0.2) is 24.3 Å². The minimum Gasteiger partial charge on any atom is -0.496 e. The first-order valence-corrected chi connectivity index (χ1v) is 6.96. The Kier molecular flexibility index (Phi) is 7.48. The zero-order valence-electron chi connectivity index (χ0n) is 12.2. The summed E-state index contributed by atoms with van der Waals surface area (Å²) < 4.78 is 11.2. The standard InChI is InChI=1S/C15H26N2O2/c1-4-8-15(19-5-2)13(17-16)11-12-9-6-7-10-14(12)18-3/h6-7,9-10,13,15,17H,4-5,8,11,16H2,1-3H3. The van der Waals surface area contributed by atoms with E-state index in [1.807, 2.05) is 25.1 Å². The Balaban J connectivity index is 2.78. The van der Waals surface area contributed by atoms with E-state index in [-0.39, 0.29) is 12.1 Å². The normalized spacial score (nSPS) is 14.1. The Hall–Kier alpha value is -1.10. The van der Waals surface area contributed by atoms with Crippen LogP contribution < -0.4 is 16.0 Å². The number of hydrogen-bond donors (Lipinski definition) is 2. The molecule has 3 N–H and O–H groups in total. The molecule has 0 fully saturated rings. The Morgan fingerprint density at radius 2 is 2.00 bits per heavy atom. The van der Waals surface area contributed by atoms with Gasteiger partial charge >= 0.3 is 0 Å². The lowest BCUT2D eigenvalue weighted by Gasteiger charge is -2.26. The first-order valence-electron chi connectivity index (χ1n) is 6.96. The number of hydrazine groups is 1. The number of hydrogen-bond acceptors (Lipinski definition) is 4. The average Bonchev–Trinajstić information content (AvgIpc) is 2.45. The Morgan fingerprint density at radius 1 is 1.26 bits per heavy atom. The highest BCUT2D eigenvalue weighted by atomic mass is 16.5. The number of rotatable bonds is 9. The molecule has 19 heavy (non-hydrogen) atoms. The molecule has 0 aromatic heterocycles. The maximum Gasteiger partial charge on any atom is 0.122 e. The highest BCUT2D eigenvalue weighted by molar-refractivity contribution is 5.34. The van der Waals surface area contributed by atoms with Gasteiger partial charge in [-0.2, -0.15) is 0 Å². The van der Waals surface area contributed by atoms with Crippen LogP contribution in [0.4, 0.5) is 0 Å². The molecule has 2 atom stereocenters. The number of benzene rings is 1. The molecule has 0 saturated heterocycles. The fourth-order valence-electron chi connectivity index (χ4n) is 2.31. The van der Waals surface area contributed by atoms with Gasteiger partial charge in [0.25, 0.3) is 0 Å². The number of ether oxygens (including phenoxy) is 2. The number of para-hydroxylation sites is 1. The molecule has 0 heterocycles. The third kappa shape index (κ3) is 4.82. The van der Waals surface area contributed by atoms with Crippen molar-refractivity contribution in [1.82, 2.24) is 5.43 Å². The van der Waals surface area contributed by atoms with Gasteiger partial charge in [-0.15, -0.1) is 0 Å². The van der Waals surface area contributed by atoms with Crippen molar-refractivity contribution >= 4 is 0 Å². The number of nitrogens with one attached hydrogen (secondary N) is 1. The van der Waals surface area contributed by atoms with E-state index in [2.05, 4.69) is 18.4 Å². The van der Waals surface area contributed by atoms with Crippen LogP contribution in [0.1, 0.15) is 32.3 Å². The lowest BCUT2D eigenvalue weighted by atomic mass is 9.98. The highest BCUT2D eigenvalue weighted by Crippen LogP contribution is 2.21. The van der Waals surface area contributed by atoms with Crippen molar-refractivity contribution in [2.24, 2.45) is 5.84 Å². The summed E-state index contributed by atoms with van der Waals surface area (Å²) in [5.41, 5.74) is 4.04. The van der Waals surface area contributed by atoms with Crippen LogP contribution in [0.2, 0.25) is 0 Å². The van der Waals surface area contributed by atoms with E-state index in [1.54, 1.807) is 7.11 Å². The molecule has 0 spiro atoms. The summed E-state index contributed by atoms with van der Waals surface area (Å²) in [4.78, 5) is 0. The second kappa shape index (κ2) is 8.91. The zero-order chi connectivity index (χ0) is 14.1. The average molecular weight is 266 g/mol. The minimum absolute atomic E-state index is 0.0937. The third-order valence-electron chi connectivity index (χ3n) is 3.25. The fourth-order valence-corrected chi connectivity index (χ4v) is 2.31. The Bertz CT molecular complexity index is 352. The summed E-state index contributed by atoms with van der Waals surface area (Å²) >= 11 is 0. The monoisotopic (exact) mass is 266 g/mol. The maximum absolute atomic E-state index is 5.80. The quantitative estimate of drug-likeness (QED) is 0.532. The van der Waals surface area contributed by atoms with Crippen LogP contribution in [-0.4, -0.2) is 25.9 Å². The van der Waals surface area contributed by atoms with Crippen molar-refractivity contribution in [2.75, 3.05) is 13.7 Å². The SMILES string of the molecule is CCCC(OCC)C(Cc1ccccc1OC)NN. The van der Waals surface area contributed by atoms with Crippen LogP contribution in [0.3, 0.4) is 0 Å². The van der Waals surface area contributed by atoms with Crippen molar-refractivity contribution in [2.45, 2.75) is 45.3 Å². The van der Waals surface area contributed by atoms with Crippen molar-refractivity contribution in [1.29, 1.82) is 0 Å². The predicted molar refractivity (Wildman–Crippen MR) is 78.1 cm³/mol. The van der Waals surface area contributed by atoms with Gasteiger partial charge in [0, 0.05) is 6.61 Å². The second-order valence-electron chi connectivity index (χ2n) is 4.57. The van der Waals surface area contributed by atoms with Crippen LogP contribution in [0.5, 0.6) is 5.75 Å².